The van der Waals surface area contributed by atoms with E-state index in [1.807, 2.05) is 0 Å². The van der Waals surface area contributed by atoms with Crippen molar-refractivity contribution in [1.29, 1.82) is 0 Å². The van der Waals surface area contributed by atoms with Crippen molar-refractivity contribution < 1.29 is 19.0 Å². The van der Waals surface area contributed by atoms with Crippen molar-refractivity contribution in [3.8, 4) is 0 Å². The minimum absolute atomic E-state index is 0.0690. The maximum Gasteiger partial charge on any atom is 0.333 e. The van der Waals surface area contributed by atoms with Crippen LogP contribution in [0.4, 0.5) is 0 Å². The predicted octanol–water partition coefficient (Wildman–Crippen LogP) is 3.64. The molecular weight excluding hydrogens is 304 g/mol. The van der Waals surface area contributed by atoms with Crippen molar-refractivity contribution in [2.24, 2.45) is 17.3 Å². The molecule has 1 aliphatic heterocycles. The highest BCUT2D eigenvalue weighted by molar-refractivity contribution is 5.87. The summed E-state index contributed by atoms with van der Waals surface area (Å²) in [6, 6.07) is 0. The van der Waals surface area contributed by atoms with Crippen LogP contribution >= 0.6 is 0 Å². The molecule has 0 aromatic heterocycles. The van der Waals surface area contributed by atoms with Gasteiger partial charge in [-0.15, -0.1) is 0 Å². The third kappa shape index (κ3) is 2.92. The Morgan fingerprint density at radius 3 is 2.33 bits per heavy atom. The van der Waals surface area contributed by atoms with Crippen molar-refractivity contribution in [2.45, 2.75) is 70.0 Å². The topological polar surface area (TPSA) is 44.8 Å². The Bertz CT molecular complexity index is 534. The molecule has 0 amide bonds. The van der Waals surface area contributed by atoms with Gasteiger partial charge >= 0.3 is 5.97 Å². The Kier molecular flexibility index (Phi) is 3.85. The summed E-state index contributed by atoms with van der Waals surface area (Å²) in [6.07, 6.45) is 7.52. The summed E-state index contributed by atoms with van der Waals surface area (Å²) in [5.41, 5.74) is 0.426. The van der Waals surface area contributed by atoms with Crippen molar-refractivity contribution in [3.63, 3.8) is 0 Å². The van der Waals surface area contributed by atoms with Gasteiger partial charge in [0, 0.05) is 24.0 Å². The van der Waals surface area contributed by atoms with Crippen molar-refractivity contribution in [1.82, 2.24) is 0 Å². The van der Waals surface area contributed by atoms with Crippen molar-refractivity contribution in [3.05, 3.63) is 12.2 Å². The quantitative estimate of drug-likeness (QED) is 0.549. The first-order valence-electron chi connectivity index (χ1n) is 9.42. The Morgan fingerprint density at radius 1 is 1.17 bits per heavy atom. The SMILES string of the molecule is C=C(C)C(=O)OC12CC3CC(CC(OCCC4(C)COC4)(C3)C1)C2. The van der Waals surface area contributed by atoms with Gasteiger partial charge in [-0.05, 0) is 57.3 Å². The molecule has 4 aliphatic carbocycles. The summed E-state index contributed by atoms with van der Waals surface area (Å²) in [6.45, 7) is 10.3. The van der Waals surface area contributed by atoms with E-state index in [1.165, 1.54) is 6.42 Å². The van der Waals surface area contributed by atoms with E-state index in [-0.39, 0.29) is 17.2 Å². The molecule has 134 valence electrons. The van der Waals surface area contributed by atoms with Gasteiger partial charge in [-0.3, -0.25) is 0 Å². The first-order valence-corrected chi connectivity index (χ1v) is 9.42. The second kappa shape index (κ2) is 5.57. The molecule has 4 saturated carbocycles. The standard InChI is InChI=1S/C20H30O4/c1-14(2)17(21)24-20-9-15-6-16(10-20)8-19(7-15,11-20)23-5-4-18(3)12-22-13-18/h15-16H,1,4-13H2,2-3H3. The van der Waals surface area contributed by atoms with E-state index < -0.39 is 0 Å². The van der Waals surface area contributed by atoms with Crippen LogP contribution in [0.25, 0.3) is 0 Å². The Balaban J connectivity index is 1.44. The highest BCUT2D eigenvalue weighted by atomic mass is 16.6. The molecule has 4 bridgehead atoms. The second-order valence-corrected chi connectivity index (χ2v) is 9.40. The summed E-state index contributed by atoms with van der Waals surface area (Å²) >= 11 is 0. The first kappa shape index (κ1) is 16.6. The largest absolute Gasteiger partial charge is 0.456 e. The van der Waals surface area contributed by atoms with Gasteiger partial charge in [0.2, 0.25) is 0 Å². The molecule has 0 aromatic carbocycles. The Labute approximate surface area is 144 Å². The van der Waals surface area contributed by atoms with Gasteiger partial charge in [0.05, 0.1) is 18.8 Å². The number of carbonyl (C=O) groups excluding carboxylic acids is 1. The number of ether oxygens (including phenoxy) is 3. The summed E-state index contributed by atoms with van der Waals surface area (Å²) in [4.78, 5) is 12.1. The van der Waals surface area contributed by atoms with Crippen LogP contribution in [0.1, 0.15) is 58.8 Å². The minimum atomic E-state index is -0.302. The summed E-state index contributed by atoms with van der Waals surface area (Å²) in [5.74, 6) is 1.06. The fourth-order valence-corrected chi connectivity index (χ4v) is 5.78. The monoisotopic (exact) mass is 334 g/mol. The van der Waals surface area contributed by atoms with Gasteiger partial charge < -0.3 is 14.2 Å². The highest BCUT2D eigenvalue weighted by Gasteiger charge is 2.60. The van der Waals surface area contributed by atoms with Crippen LogP contribution in [0.5, 0.6) is 0 Å². The van der Waals surface area contributed by atoms with E-state index >= 15 is 0 Å². The lowest BCUT2D eigenvalue weighted by Gasteiger charge is -2.60. The zero-order chi connectivity index (χ0) is 17.0. The number of rotatable bonds is 6. The Hall–Kier alpha value is -0.870. The van der Waals surface area contributed by atoms with Gasteiger partial charge in [0.25, 0.3) is 0 Å². The van der Waals surface area contributed by atoms with Crippen molar-refractivity contribution in [2.75, 3.05) is 19.8 Å². The van der Waals surface area contributed by atoms with Crippen LogP contribution < -0.4 is 0 Å². The number of hydrogen-bond donors (Lipinski definition) is 0. The molecule has 4 heteroatoms. The minimum Gasteiger partial charge on any atom is -0.456 e. The van der Waals surface area contributed by atoms with Crippen LogP contribution in [-0.4, -0.2) is 37.0 Å². The van der Waals surface area contributed by atoms with E-state index in [2.05, 4.69) is 13.5 Å². The maximum atomic E-state index is 12.1. The highest BCUT2D eigenvalue weighted by Crippen LogP contribution is 2.60. The predicted molar refractivity (Wildman–Crippen MR) is 90.5 cm³/mol. The molecule has 1 saturated heterocycles. The van der Waals surface area contributed by atoms with E-state index in [4.69, 9.17) is 14.2 Å². The molecule has 0 aromatic rings. The van der Waals surface area contributed by atoms with E-state index in [0.717, 1.165) is 58.3 Å². The smallest absolute Gasteiger partial charge is 0.333 e. The maximum absolute atomic E-state index is 12.1. The molecule has 24 heavy (non-hydrogen) atoms. The Morgan fingerprint density at radius 2 is 1.79 bits per heavy atom. The van der Waals surface area contributed by atoms with E-state index in [9.17, 15) is 4.79 Å². The molecular formula is C20H30O4. The number of esters is 1. The molecule has 5 aliphatic rings. The molecule has 4 nitrogen and oxygen atoms in total. The molecule has 2 unspecified atom stereocenters. The fraction of sp³-hybridized carbons (Fsp3) is 0.850. The van der Waals surface area contributed by atoms with Crippen LogP contribution in [-0.2, 0) is 19.0 Å². The summed E-state index contributed by atoms with van der Waals surface area (Å²) in [5, 5.41) is 0. The van der Waals surface area contributed by atoms with Gasteiger partial charge in [-0.2, -0.15) is 0 Å². The first-order chi connectivity index (χ1) is 11.3. The van der Waals surface area contributed by atoms with Gasteiger partial charge in [0.15, 0.2) is 0 Å². The summed E-state index contributed by atoms with van der Waals surface area (Å²) in [7, 11) is 0. The van der Waals surface area contributed by atoms with Gasteiger partial charge in [-0.25, -0.2) is 4.79 Å². The molecule has 5 fully saturated rings. The molecule has 0 N–H and O–H groups in total. The molecule has 5 rings (SSSR count). The third-order valence-corrected chi connectivity index (χ3v) is 6.63. The zero-order valence-electron chi connectivity index (χ0n) is 15.1. The molecule has 0 spiro atoms. The van der Waals surface area contributed by atoms with Crippen LogP contribution in [0.2, 0.25) is 0 Å². The zero-order valence-corrected chi connectivity index (χ0v) is 15.1. The lowest BCUT2D eigenvalue weighted by molar-refractivity contribution is -0.235. The van der Waals surface area contributed by atoms with E-state index in [1.54, 1.807) is 6.92 Å². The van der Waals surface area contributed by atoms with Crippen LogP contribution in [0.3, 0.4) is 0 Å². The lowest BCUT2D eigenvalue weighted by atomic mass is 9.52. The lowest BCUT2D eigenvalue weighted by Crippen LogP contribution is -2.61. The van der Waals surface area contributed by atoms with E-state index in [0.29, 0.717) is 22.8 Å². The average molecular weight is 334 g/mol. The number of carbonyl (C=O) groups is 1. The van der Waals surface area contributed by atoms with Crippen molar-refractivity contribution >= 4 is 5.97 Å². The molecule has 1 heterocycles. The molecule has 0 radical (unpaired) electrons. The van der Waals surface area contributed by atoms with Gasteiger partial charge in [0.1, 0.15) is 5.60 Å². The second-order valence-electron chi connectivity index (χ2n) is 9.40. The normalized spacial score (nSPS) is 41.8. The average Bonchev–Trinajstić information content (AvgIpc) is 2.43. The fourth-order valence-electron chi connectivity index (χ4n) is 5.78. The van der Waals surface area contributed by atoms with Crippen LogP contribution in [0, 0.1) is 17.3 Å². The van der Waals surface area contributed by atoms with Crippen LogP contribution in [0.15, 0.2) is 12.2 Å². The van der Waals surface area contributed by atoms with Gasteiger partial charge in [-0.1, -0.05) is 13.5 Å². The third-order valence-electron chi connectivity index (χ3n) is 6.63. The summed E-state index contributed by atoms with van der Waals surface area (Å²) < 4.78 is 17.8. The number of hydrogen-bond acceptors (Lipinski definition) is 4. The molecule has 2 atom stereocenters.